The smallest absolute Gasteiger partial charge is 0.278 e. The molecule has 4 amide bonds. The summed E-state index contributed by atoms with van der Waals surface area (Å²) in [6.45, 7) is 12.4. The monoisotopic (exact) mass is 942 g/mol. The summed E-state index contributed by atoms with van der Waals surface area (Å²) in [4.78, 5) is 68.3. The van der Waals surface area contributed by atoms with Crippen LogP contribution in [0.5, 0.6) is 11.5 Å². The maximum absolute atomic E-state index is 13.6. The van der Waals surface area contributed by atoms with E-state index in [1.54, 1.807) is 30.3 Å². The number of nitrogens with one attached hydrogen (secondary N) is 2. The molecule has 17 nitrogen and oxygen atoms in total. The Labute approximate surface area is 398 Å². The summed E-state index contributed by atoms with van der Waals surface area (Å²) in [6.07, 6.45) is 7.84. The maximum atomic E-state index is 13.6. The second-order valence-electron chi connectivity index (χ2n) is 19.7. The van der Waals surface area contributed by atoms with E-state index in [-0.39, 0.29) is 59.6 Å². The predicted molar refractivity (Wildman–Crippen MR) is 252 cm³/mol. The first-order valence-electron chi connectivity index (χ1n) is 23.3. The number of nitrogens with zero attached hydrogens (tertiary/aromatic N) is 8. The van der Waals surface area contributed by atoms with Crippen LogP contribution in [0.4, 0.5) is 0 Å². The SMILES string of the molecule is CC1(C)[C@H](NC(=O)c2ccc(-c3cnn(C4CCN(CC5CCN(C(=O)COc6ccc7nnn(C8CCC(=O)NC8=O)c(=O)c7c6)CC5)CC4)c3)cc2)C(C)(C)[C@H]1Oc1ccc(C#N)c(Cl)c1. The van der Waals surface area contributed by atoms with Gasteiger partial charge in [0.2, 0.25) is 5.91 Å². The van der Waals surface area contributed by atoms with Gasteiger partial charge in [0.25, 0.3) is 23.3 Å². The van der Waals surface area contributed by atoms with Crippen LogP contribution in [0.15, 0.2) is 77.9 Å². The van der Waals surface area contributed by atoms with Crippen molar-refractivity contribution in [3.8, 4) is 28.7 Å². The van der Waals surface area contributed by atoms with Gasteiger partial charge in [-0.2, -0.15) is 15.0 Å². The molecule has 1 unspecified atom stereocenters. The highest BCUT2D eigenvalue weighted by Gasteiger charge is 2.64. The van der Waals surface area contributed by atoms with Gasteiger partial charge in [-0.3, -0.25) is 34.0 Å². The van der Waals surface area contributed by atoms with Crippen LogP contribution in [0.3, 0.4) is 0 Å². The van der Waals surface area contributed by atoms with Crippen LogP contribution < -0.4 is 25.7 Å². The van der Waals surface area contributed by atoms with Crippen molar-refractivity contribution in [1.82, 2.24) is 45.2 Å². The highest BCUT2D eigenvalue weighted by molar-refractivity contribution is 6.31. The molecule has 3 aliphatic heterocycles. The van der Waals surface area contributed by atoms with Gasteiger partial charge in [0, 0.05) is 79.4 Å². The zero-order chi connectivity index (χ0) is 47.9. The highest BCUT2D eigenvalue weighted by Crippen LogP contribution is 2.55. The van der Waals surface area contributed by atoms with E-state index < -0.39 is 23.4 Å². The number of likely N-dealkylation sites (tertiary alicyclic amines) is 2. The van der Waals surface area contributed by atoms with Gasteiger partial charge in [0.05, 0.1) is 28.2 Å². The van der Waals surface area contributed by atoms with E-state index in [4.69, 9.17) is 26.2 Å². The normalized spacial score (nSPS) is 21.9. The number of hydrogen-bond acceptors (Lipinski definition) is 12. The predicted octanol–water partition coefficient (Wildman–Crippen LogP) is 5.72. The van der Waals surface area contributed by atoms with Crippen LogP contribution in [0.25, 0.3) is 22.0 Å². The van der Waals surface area contributed by atoms with Crippen molar-refractivity contribution in [2.75, 3.05) is 39.3 Å². The van der Waals surface area contributed by atoms with Crippen molar-refractivity contribution in [1.29, 1.82) is 5.26 Å². The molecule has 3 aromatic carbocycles. The minimum absolute atomic E-state index is 0.101. The Balaban J connectivity index is 0.706. The number of piperidine rings is 3. The molecular formula is C50H55ClN10O7. The minimum atomic E-state index is -0.932. The first-order valence-corrected chi connectivity index (χ1v) is 23.6. The molecule has 2 N–H and O–H groups in total. The highest BCUT2D eigenvalue weighted by atomic mass is 35.5. The van der Waals surface area contributed by atoms with Gasteiger partial charge in [-0.1, -0.05) is 56.6 Å². The molecule has 9 rings (SSSR count). The fourth-order valence-corrected chi connectivity index (χ4v) is 11.1. The summed E-state index contributed by atoms with van der Waals surface area (Å²) in [7, 11) is 0. The van der Waals surface area contributed by atoms with Crippen LogP contribution in [-0.2, 0) is 14.4 Å². The number of rotatable bonds is 12. The average molecular weight is 944 g/mol. The van der Waals surface area contributed by atoms with Crippen LogP contribution in [0.1, 0.15) is 94.2 Å². The molecule has 5 heterocycles. The van der Waals surface area contributed by atoms with E-state index in [0.29, 0.717) is 58.2 Å². The number of carbonyl (C=O) groups excluding carboxylic acids is 4. The number of aromatic nitrogens is 5. The van der Waals surface area contributed by atoms with Crippen LogP contribution in [-0.4, -0.2) is 110 Å². The number of nitriles is 1. The number of halogens is 1. The zero-order valence-electron chi connectivity index (χ0n) is 38.6. The molecule has 2 aromatic heterocycles. The Kier molecular flexibility index (Phi) is 12.8. The van der Waals surface area contributed by atoms with Crippen molar-refractivity contribution < 1.29 is 28.7 Å². The van der Waals surface area contributed by atoms with Gasteiger partial charge in [-0.15, -0.1) is 5.10 Å². The van der Waals surface area contributed by atoms with Crippen molar-refractivity contribution in [3.05, 3.63) is 99.6 Å². The molecule has 18 heteroatoms. The summed E-state index contributed by atoms with van der Waals surface area (Å²) in [5.41, 5.74) is 2.02. The Morgan fingerprint density at radius 3 is 2.31 bits per heavy atom. The minimum Gasteiger partial charge on any atom is -0.489 e. The lowest BCUT2D eigenvalue weighted by atomic mass is 9.49. The molecule has 0 spiro atoms. The van der Waals surface area contributed by atoms with Crippen LogP contribution >= 0.6 is 11.6 Å². The Bertz CT molecular complexity index is 2840. The van der Waals surface area contributed by atoms with Gasteiger partial charge in [0.15, 0.2) is 6.61 Å². The average Bonchev–Trinajstić information content (AvgIpc) is 3.83. The number of amides is 4. The van der Waals surface area contributed by atoms with E-state index in [1.165, 1.54) is 6.07 Å². The van der Waals surface area contributed by atoms with Crippen molar-refractivity contribution in [3.63, 3.8) is 0 Å². The first-order chi connectivity index (χ1) is 32.6. The lowest BCUT2D eigenvalue weighted by molar-refractivity contribution is -0.164. The number of benzene rings is 3. The fraction of sp³-hybridized carbons (Fsp3) is 0.460. The van der Waals surface area contributed by atoms with E-state index in [9.17, 15) is 29.2 Å². The van der Waals surface area contributed by atoms with Gasteiger partial charge >= 0.3 is 0 Å². The number of ether oxygens (including phenoxy) is 2. The van der Waals surface area contributed by atoms with Crippen LogP contribution in [0, 0.1) is 28.1 Å². The summed E-state index contributed by atoms with van der Waals surface area (Å²) in [5, 5.41) is 28.1. The van der Waals surface area contributed by atoms with E-state index >= 15 is 0 Å². The fourth-order valence-electron chi connectivity index (χ4n) is 10.9. The number of imide groups is 1. The van der Waals surface area contributed by atoms with Crippen molar-refractivity contribution >= 4 is 46.1 Å². The lowest BCUT2D eigenvalue weighted by Crippen LogP contribution is -2.74. The Hall–Kier alpha value is -6.64. The lowest BCUT2D eigenvalue weighted by Gasteiger charge is -2.63. The van der Waals surface area contributed by atoms with E-state index in [2.05, 4.69) is 70.5 Å². The van der Waals surface area contributed by atoms with Crippen molar-refractivity contribution in [2.45, 2.75) is 90.4 Å². The number of hydrogen-bond donors (Lipinski definition) is 2. The molecule has 0 radical (unpaired) electrons. The quantitative estimate of drug-likeness (QED) is 0.144. The number of fused-ring (bicyclic) bond motifs is 1. The topological polar surface area (TPSA) is 207 Å². The molecule has 4 fully saturated rings. The van der Waals surface area contributed by atoms with Crippen LogP contribution in [0.2, 0.25) is 5.02 Å². The molecule has 1 aliphatic carbocycles. The second-order valence-corrected chi connectivity index (χ2v) is 20.1. The molecule has 354 valence electrons. The molecule has 3 saturated heterocycles. The third-order valence-corrected chi connectivity index (χ3v) is 14.8. The summed E-state index contributed by atoms with van der Waals surface area (Å²) < 4.78 is 15.3. The molecule has 1 saturated carbocycles. The number of carbonyl (C=O) groups is 4. The largest absolute Gasteiger partial charge is 0.489 e. The van der Waals surface area contributed by atoms with Gasteiger partial charge in [-0.25, -0.2) is 0 Å². The maximum Gasteiger partial charge on any atom is 0.278 e. The zero-order valence-corrected chi connectivity index (χ0v) is 39.4. The molecule has 0 bridgehead atoms. The second kappa shape index (κ2) is 18.8. The van der Waals surface area contributed by atoms with E-state index in [1.807, 2.05) is 35.4 Å². The summed E-state index contributed by atoms with van der Waals surface area (Å²) in [5.74, 6) is 0.166. The van der Waals surface area contributed by atoms with Crippen molar-refractivity contribution in [2.24, 2.45) is 16.7 Å². The Morgan fingerprint density at radius 1 is 0.897 bits per heavy atom. The first kappa shape index (κ1) is 46.5. The molecular weight excluding hydrogens is 888 g/mol. The summed E-state index contributed by atoms with van der Waals surface area (Å²) >= 11 is 6.26. The summed E-state index contributed by atoms with van der Waals surface area (Å²) in [6, 6.07) is 18.7. The van der Waals surface area contributed by atoms with Gasteiger partial charge in [-0.05, 0) is 86.1 Å². The molecule has 68 heavy (non-hydrogen) atoms. The molecule has 1 atom stereocenters. The van der Waals surface area contributed by atoms with E-state index in [0.717, 1.165) is 61.1 Å². The standard InChI is InChI=1S/C50H55ClN10O7/c1-49(2)47(50(3,4)48(49)68-37-10-9-33(25-52)39(51)24-37)55-44(64)32-7-5-31(6-8-32)34-26-53-60(28-34)35-17-19-58(20-18-35)27-30-15-21-59(22-16-30)43(63)29-67-36-11-12-40-38(23-36)46(66)61(57-56-40)41-13-14-42(62)54-45(41)65/h5-12,23-24,26,28,30,35,41,47-48H,13-22,27,29H2,1-4H3,(H,55,64)(H,54,62,65)/t41?,47-,48-. The Morgan fingerprint density at radius 2 is 1.62 bits per heavy atom. The molecule has 5 aromatic rings. The third kappa shape index (κ3) is 9.31. The van der Waals surface area contributed by atoms with Gasteiger partial charge < -0.3 is 24.6 Å². The molecule has 4 aliphatic rings. The third-order valence-electron chi connectivity index (χ3n) is 14.4. The van der Waals surface area contributed by atoms with Gasteiger partial charge in [0.1, 0.15) is 35.2 Å².